The molecule has 3 aromatic rings. The van der Waals surface area contributed by atoms with Gasteiger partial charge in [0.25, 0.3) is 5.56 Å². The second-order valence-corrected chi connectivity index (χ2v) is 3.87. The van der Waals surface area contributed by atoms with E-state index in [2.05, 4.69) is 15.0 Å². The van der Waals surface area contributed by atoms with Crippen LogP contribution in [-0.2, 0) is 0 Å². The number of nitrogen functional groups attached to an aromatic ring is 1. The molecule has 0 radical (unpaired) electrons. The number of hydrogen-bond donors (Lipinski definition) is 2. The first-order chi connectivity index (χ1) is 9.24. The summed E-state index contributed by atoms with van der Waals surface area (Å²) in [5, 5.41) is 0.516. The number of aromatic nitrogens is 3. The summed E-state index contributed by atoms with van der Waals surface area (Å²) in [7, 11) is 0. The standard InChI is InChI=1S/C13H10N4O2/c14-13-16-10-9(6-7-15-11(10)18)12(17-13)19-8-4-2-1-3-5-8/h1-7H,(H,15,18)(H2,14,16,17). The third kappa shape index (κ3) is 2.11. The van der Waals surface area contributed by atoms with Gasteiger partial charge in [0.05, 0.1) is 5.39 Å². The number of nitrogens with one attached hydrogen (secondary N) is 1. The van der Waals surface area contributed by atoms with Crippen molar-refractivity contribution >= 4 is 16.9 Å². The van der Waals surface area contributed by atoms with Gasteiger partial charge in [-0.2, -0.15) is 4.98 Å². The highest BCUT2D eigenvalue weighted by molar-refractivity contribution is 5.83. The lowest BCUT2D eigenvalue weighted by atomic mass is 10.3. The first kappa shape index (κ1) is 11.2. The molecule has 0 fully saturated rings. The van der Waals surface area contributed by atoms with E-state index in [-0.39, 0.29) is 22.9 Å². The van der Waals surface area contributed by atoms with E-state index in [4.69, 9.17) is 10.5 Å². The number of aromatic amines is 1. The maximum Gasteiger partial charge on any atom is 0.274 e. The van der Waals surface area contributed by atoms with Gasteiger partial charge in [0.2, 0.25) is 11.8 Å². The van der Waals surface area contributed by atoms with Crippen LogP contribution in [0, 0.1) is 0 Å². The molecule has 0 unspecified atom stereocenters. The number of benzene rings is 1. The van der Waals surface area contributed by atoms with Gasteiger partial charge >= 0.3 is 0 Å². The number of nitrogens with zero attached hydrogens (tertiary/aromatic N) is 2. The van der Waals surface area contributed by atoms with Crippen LogP contribution < -0.4 is 16.0 Å². The van der Waals surface area contributed by atoms with Crippen molar-refractivity contribution in [3.05, 3.63) is 52.9 Å². The highest BCUT2D eigenvalue weighted by Crippen LogP contribution is 2.25. The van der Waals surface area contributed by atoms with E-state index in [9.17, 15) is 4.79 Å². The van der Waals surface area contributed by atoms with Crippen molar-refractivity contribution in [1.82, 2.24) is 15.0 Å². The molecule has 0 amide bonds. The Balaban J connectivity index is 2.18. The van der Waals surface area contributed by atoms with E-state index in [0.717, 1.165) is 0 Å². The fraction of sp³-hybridized carbons (Fsp3) is 0. The van der Waals surface area contributed by atoms with E-state index < -0.39 is 0 Å². The molecule has 0 saturated carbocycles. The average molecular weight is 254 g/mol. The number of ether oxygens (including phenoxy) is 1. The third-order valence-electron chi connectivity index (χ3n) is 2.57. The lowest BCUT2D eigenvalue weighted by Crippen LogP contribution is -2.09. The summed E-state index contributed by atoms with van der Waals surface area (Å²) in [6, 6.07) is 10.8. The smallest absolute Gasteiger partial charge is 0.274 e. The average Bonchev–Trinajstić information content (AvgIpc) is 2.41. The zero-order chi connectivity index (χ0) is 13.2. The van der Waals surface area contributed by atoms with Crippen LogP contribution in [0.4, 0.5) is 5.95 Å². The van der Waals surface area contributed by atoms with E-state index >= 15 is 0 Å². The highest BCUT2D eigenvalue weighted by Gasteiger charge is 2.10. The fourth-order valence-electron chi connectivity index (χ4n) is 1.74. The minimum absolute atomic E-state index is 0.00451. The Bertz CT molecular complexity index is 784. The summed E-state index contributed by atoms with van der Waals surface area (Å²) in [5.41, 5.74) is 5.47. The normalized spacial score (nSPS) is 10.5. The van der Waals surface area contributed by atoms with Gasteiger partial charge in [-0.15, -0.1) is 0 Å². The summed E-state index contributed by atoms with van der Waals surface area (Å²) < 4.78 is 5.64. The van der Waals surface area contributed by atoms with Gasteiger partial charge < -0.3 is 15.5 Å². The SMILES string of the molecule is Nc1nc(Oc2ccccc2)c2cc[nH]c(=O)c2n1. The molecule has 0 aliphatic carbocycles. The second kappa shape index (κ2) is 4.41. The Hall–Kier alpha value is -2.89. The largest absolute Gasteiger partial charge is 0.438 e. The van der Waals surface area contributed by atoms with Gasteiger partial charge in [-0.05, 0) is 18.2 Å². The molecular formula is C13H10N4O2. The van der Waals surface area contributed by atoms with Crippen molar-refractivity contribution in [2.75, 3.05) is 5.73 Å². The van der Waals surface area contributed by atoms with Crippen molar-refractivity contribution in [3.63, 3.8) is 0 Å². The molecular weight excluding hydrogens is 244 g/mol. The first-order valence-corrected chi connectivity index (χ1v) is 5.62. The van der Waals surface area contributed by atoms with E-state index in [0.29, 0.717) is 11.1 Å². The molecule has 2 aromatic heterocycles. The Morgan fingerprint density at radius 1 is 1.11 bits per heavy atom. The van der Waals surface area contributed by atoms with Crippen molar-refractivity contribution in [3.8, 4) is 11.6 Å². The molecule has 0 atom stereocenters. The first-order valence-electron chi connectivity index (χ1n) is 5.62. The van der Waals surface area contributed by atoms with Crippen LogP contribution in [0.1, 0.15) is 0 Å². The number of anilines is 1. The van der Waals surface area contributed by atoms with Gasteiger partial charge in [-0.1, -0.05) is 18.2 Å². The number of rotatable bonds is 2. The van der Waals surface area contributed by atoms with E-state index in [1.165, 1.54) is 6.20 Å². The molecule has 3 rings (SSSR count). The van der Waals surface area contributed by atoms with Gasteiger partial charge in [-0.25, -0.2) is 4.98 Å². The molecule has 2 heterocycles. The van der Waals surface area contributed by atoms with Crippen LogP contribution in [0.3, 0.4) is 0 Å². The maximum atomic E-state index is 11.7. The lowest BCUT2D eigenvalue weighted by Gasteiger charge is -2.07. The zero-order valence-electron chi connectivity index (χ0n) is 9.83. The zero-order valence-corrected chi connectivity index (χ0v) is 9.83. The Morgan fingerprint density at radius 3 is 2.68 bits per heavy atom. The summed E-state index contributed by atoms with van der Waals surface area (Å²) in [5.74, 6) is 0.872. The van der Waals surface area contributed by atoms with Gasteiger partial charge in [0, 0.05) is 6.20 Å². The molecule has 6 nitrogen and oxygen atoms in total. The molecule has 94 valence electrons. The van der Waals surface area contributed by atoms with Crippen LogP contribution in [0.25, 0.3) is 10.9 Å². The molecule has 19 heavy (non-hydrogen) atoms. The van der Waals surface area contributed by atoms with Gasteiger partial charge in [-0.3, -0.25) is 4.79 Å². The molecule has 0 aliphatic rings. The fourth-order valence-corrected chi connectivity index (χ4v) is 1.74. The minimum Gasteiger partial charge on any atom is -0.438 e. The maximum absolute atomic E-state index is 11.7. The van der Waals surface area contributed by atoms with Gasteiger partial charge in [0.1, 0.15) is 11.3 Å². The van der Waals surface area contributed by atoms with Crippen LogP contribution in [0.15, 0.2) is 47.4 Å². The van der Waals surface area contributed by atoms with Crippen LogP contribution in [0.2, 0.25) is 0 Å². The Morgan fingerprint density at radius 2 is 1.89 bits per heavy atom. The monoisotopic (exact) mass is 254 g/mol. The van der Waals surface area contributed by atoms with E-state index in [1.54, 1.807) is 18.2 Å². The number of fused-ring (bicyclic) bond motifs is 1. The highest BCUT2D eigenvalue weighted by atomic mass is 16.5. The summed E-state index contributed by atoms with van der Waals surface area (Å²) in [6.07, 6.45) is 1.52. The molecule has 0 aliphatic heterocycles. The molecule has 0 spiro atoms. The Kier molecular flexibility index (Phi) is 2.60. The van der Waals surface area contributed by atoms with Crippen LogP contribution >= 0.6 is 0 Å². The molecule has 6 heteroatoms. The minimum atomic E-state index is -0.329. The lowest BCUT2D eigenvalue weighted by molar-refractivity contribution is 0.469. The van der Waals surface area contributed by atoms with E-state index in [1.807, 2.05) is 18.2 Å². The third-order valence-corrected chi connectivity index (χ3v) is 2.57. The number of H-pyrrole nitrogens is 1. The quantitative estimate of drug-likeness (QED) is 0.725. The topological polar surface area (TPSA) is 93.9 Å². The van der Waals surface area contributed by atoms with Crippen molar-refractivity contribution in [2.45, 2.75) is 0 Å². The van der Waals surface area contributed by atoms with Crippen molar-refractivity contribution in [2.24, 2.45) is 0 Å². The second-order valence-electron chi connectivity index (χ2n) is 3.87. The van der Waals surface area contributed by atoms with Crippen LogP contribution in [-0.4, -0.2) is 15.0 Å². The van der Waals surface area contributed by atoms with Crippen molar-refractivity contribution < 1.29 is 4.74 Å². The summed E-state index contributed by atoms with van der Waals surface area (Å²) >= 11 is 0. The van der Waals surface area contributed by atoms with Crippen LogP contribution in [0.5, 0.6) is 11.6 Å². The summed E-state index contributed by atoms with van der Waals surface area (Å²) in [6.45, 7) is 0. The number of hydrogen-bond acceptors (Lipinski definition) is 5. The number of para-hydroxylation sites is 1. The van der Waals surface area contributed by atoms with Gasteiger partial charge in [0.15, 0.2) is 0 Å². The summed E-state index contributed by atoms with van der Waals surface area (Å²) in [4.78, 5) is 22.2. The predicted octanol–water partition coefficient (Wildman–Crippen LogP) is 1.69. The van der Waals surface area contributed by atoms with Crippen molar-refractivity contribution in [1.29, 1.82) is 0 Å². The molecule has 0 saturated heterocycles. The molecule has 0 bridgehead atoms. The predicted molar refractivity (Wildman–Crippen MR) is 71.1 cm³/mol. The number of nitrogens with two attached hydrogens (primary N) is 1. The molecule has 1 aromatic carbocycles. The number of pyridine rings is 1. The molecule has 3 N–H and O–H groups in total. The Labute approximate surface area is 107 Å².